The predicted octanol–water partition coefficient (Wildman–Crippen LogP) is 4.55. The quantitative estimate of drug-likeness (QED) is 0.740. The first-order valence-corrected chi connectivity index (χ1v) is 5.18. The predicted molar refractivity (Wildman–Crippen MR) is 45.8 cm³/mol. The van der Waals surface area contributed by atoms with Crippen LogP contribution in [0.2, 0.25) is 0 Å². The second kappa shape index (κ2) is 4.46. The van der Waals surface area contributed by atoms with E-state index in [-0.39, 0.29) is 0 Å². The van der Waals surface area contributed by atoms with Crippen LogP contribution in [0.1, 0.15) is 0 Å². The maximum Gasteiger partial charge on any atom is 0.471 e. The maximum absolute atomic E-state index is 12.8. The van der Waals surface area contributed by atoms with Crippen LogP contribution in [0.3, 0.4) is 0 Å². The fourth-order valence-corrected chi connectivity index (χ4v) is 1.43. The van der Waals surface area contributed by atoms with Crippen molar-refractivity contribution in [1.29, 1.82) is 0 Å². The summed E-state index contributed by atoms with van der Waals surface area (Å²) in [5.41, 5.74) is 0. The largest absolute Gasteiger partial charge is 0.471 e. The highest BCUT2D eigenvalue weighted by Crippen LogP contribution is 2.53. The summed E-state index contributed by atoms with van der Waals surface area (Å²) < 4.78 is 114. The van der Waals surface area contributed by atoms with E-state index < -0.39 is 29.9 Å². The molecule has 0 bridgehead atoms. The second-order valence-electron chi connectivity index (χ2n) is 3.22. The lowest BCUT2D eigenvalue weighted by Gasteiger charge is -2.32. The molecule has 1 heterocycles. The SMILES string of the molecule is FC(F)(F)C(F)(F)C(F)(F)C(F)(F)Oc1ccsc1. The van der Waals surface area contributed by atoms with Crippen LogP contribution in [0.4, 0.5) is 39.5 Å². The Morgan fingerprint density at radius 2 is 1.37 bits per heavy atom. The van der Waals surface area contributed by atoms with Crippen molar-refractivity contribution in [3.05, 3.63) is 16.8 Å². The number of hydrogen-bond donors (Lipinski definition) is 0. The van der Waals surface area contributed by atoms with Crippen molar-refractivity contribution in [3.63, 3.8) is 0 Å². The van der Waals surface area contributed by atoms with Crippen LogP contribution in [0.5, 0.6) is 5.75 Å². The molecular weight excluding hydrogens is 315 g/mol. The summed E-state index contributed by atoms with van der Waals surface area (Å²) in [6, 6.07) is 0.709. The lowest BCUT2D eigenvalue weighted by atomic mass is 10.1. The third-order valence-corrected chi connectivity index (χ3v) is 2.52. The van der Waals surface area contributed by atoms with E-state index in [9.17, 15) is 39.5 Å². The summed E-state index contributed by atoms with van der Waals surface area (Å²) in [6.07, 6.45) is -12.9. The van der Waals surface area contributed by atoms with Crippen LogP contribution in [-0.4, -0.2) is 24.1 Å². The van der Waals surface area contributed by atoms with Gasteiger partial charge < -0.3 is 4.74 Å². The molecule has 0 aliphatic heterocycles. The van der Waals surface area contributed by atoms with E-state index in [2.05, 4.69) is 4.74 Å². The molecule has 1 aromatic rings. The van der Waals surface area contributed by atoms with E-state index in [1.54, 1.807) is 0 Å². The molecule has 1 nitrogen and oxygen atoms in total. The number of ether oxygens (including phenoxy) is 1. The Kier molecular flexibility index (Phi) is 3.74. The molecule has 0 aliphatic rings. The van der Waals surface area contributed by atoms with Gasteiger partial charge in [0.1, 0.15) is 5.75 Å². The minimum atomic E-state index is -6.94. The number of thiophene rings is 1. The Hall–Kier alpha value is -1.13. The van der Waals surface area contributed by atoms with Gasteiger partial charge in [-0.1, -0.05) is 0 Å². The smallest absolute Gasteiger partial charge is 0.427 e. The molecule has 11 heteroatoms. The molecule has 0 saturated heterocycles. The van der Waals surface area contributed by atoms with Crippen LogP contribution in [0.25, 0.3) is 0 Å². The molecule has 0 radical (unpaired) electrons. The van der Waals surface area contributed by atoms with Crippen molar-refractivity contribution in [2.24, 2.45) is 0 Å². The van der Waals surface area contributed by atoms with Crippen molar-refractivity contribution in [2.45, 2.75) is 24.1 Å². The molecule has 0 unspecified atom stereocenters. The van der Waals surface area contributed by atoms with E-state index in [0.717, 1.165) is 10.8 Å². The van der Waals surface area contributed by atoms with Gasteiger partial charge in [-0.2, -0.15) is 39.5 Å². The third kappa shape index (κ3) is 2.60. The number of hydrogen-bond acceptors (Lipinski definition) is 2. The fraction of sp³-hybridized carbons (Fsp3) is 0.500. The molecule has 0 atom stereocenters. The summed E-state index contributed by atoms with van der Waals surface area (Å²) in [7, 11) is 0. The van der Waals surface area contributed by atoms with Crippen LogP contribution < -0.4 is 4.74 Å². The molecule has 19 heavy (non-hydrogen) atoms. The molecule has 0 aromatic carbocycles. The zero-order chi connectivity index (χ0) is 15.1. The first kappa shape index (κ1) is 15.9. The molecule has 0 aliphatic carbocycles. The lowest BCUT2D eigenvalue weighted by molar-refractivity contribution is -0.428. The third-order valence-electron chi connectivity index (χ3n) is 1.86. The molecule has 0 saturated carbocycles. The molecule has 110 valence electrons. The van der Waals surface area contributed by atoms with Gasteiger partial charge in [0.15, 0.2) is 0 Å². The van der Waals surface area contributed by atoms with Crippen molar-refractivity contribution in [1.82, 2.24) is 0 Å². The molecular formula is C8H3F9OS. The molecule has 0 N–H and O–H groups in total. The van der Waals surface area contributed by atoms with Crippen LogP contribution in [0.15, 0.2) is 16.8 Å². The van der Waals surface area contributed by atoms with E-state index in [4.69, 9.17) is 0 Å². The van der Waals surface area contributed by atoms with Crippen LogP contribution in [-0.2, 0) is 0 Å². The average Bonchev–Trinajstić information content (AvgIpc) is 2.67. The molecule has 0 amide bonds. The minimum Gasteiger partial charge on any atom is -0.427 e. The van der Waals surface area contributed by atoms with Gasteiger partial charge in [0.25, 0.3) is 0 Å². The van der Waals surface area contributed by atoms with Gasteiger partial charge in [-0.15, -0.1) is 11.3 Å². The molecule has 1 rings (SSSR count). The van der Waals surface area contributed by atoms with Crippen molar-refractivity contribution >= 4 is 11.3 Å². The monoisotopic (exact) mass is 318 g/mol. The molecule has 0 fully saturated rings. The van der Waals surface area contributed by atoms with E-state index in [1.807, 2.05) is 0 Å². The zero-order valence-electron chi connectivity index (χ0n) is 8.45. The topological polar surface area (TPSA) is 9.23 Å². The highest BCUT2D eigenvalue weighted by atomic mass is 32.1. The lowest BCUT2D eigenvalue weighted by Crippen LogP contribution is -2.62. The summed E-state index contributed by atoms with van der Waals surface area (Å²) in [5.74, 6) is -14.7. The van der Waals surface area contributed by atoms with Gasteiger partial charge in [0.2, 0.25) is 0 Å². The van der Waals surface area contributed by atoms with Gasteiger partial charge in [-0.25, -0.2) is 0 Å². The first-order valence-electron chi connectivity index (χ1n) is 4.24. The van der Waals surface area contributed by atoms with Crippen LogP contribution in [0, 0.1) is 0 Å². The summed E-state index contributed by atoms with van der Waals surface area (Å²) in [5, 5.41) is 1.81. The second-order valence-corrected chi connectivity index (χ2v) is 4.00. The maximum atomic E-state index is 12.8. The normalized spacial score (nSPS) is 14.6. The number of halogens is 9. The summed E-state index contributed by atoms with van der Waals surface area (Å²) in [4.78, 5) is 0. The van der Waals surface area contributed by atoms with Crippen molar-refractivity contribution in [2.75, 3.05) is 0 Å². The van der Waals surface area contributed by atoms with E-state index in [1.165, 1.54) is 0 Å². The number of rotatable bonds is 4. The standard InChI is InChI=1S/C8H3F9OS/c9-5(10,7(13,14)15)6(11,12)8(16,17)18-4-1-2-19-3-4/h1-3H. The zero-order valence-corrected chi connectivity index (χ0v) is 9.27. The Morgan fingerprint density at radius 1 is 0.842 bits per heavy atom. The summed E-state index contributed by atoms with van der Waals surface area (Å²) in [6.45, 7) is 0. The molecule has 1 aromatic heterocycles. The van der Waals surface area contributed by atoms with Gasteiger partial charge in [0, 0.05) is 5.38 Å². The van der Waals surface area contributed by atoms with Gasteiger partial charge in [-0.3, -0.25) is 0 Å². The summed E-state index contributed by atoms with van der Waals surface area (Å²) >= 11 is 0.691. The number of alkyl halides is 9. The molecule has 0 spiro atoms. The van der Waals surface area contributed by atoms with Gasteiger partial charge in [-0.05, 0) is 11.4 Å². The average molecular weight is 318 g/mol. The Labute approximate surface area is 103 Å². The van der Waals surface area contributed by atoms with Crippen molar-refractivity contribution in [3.8, 4) is 5.75 Å². The highest BCUT2D eigenvalue weighted by molar-refractivity contribution is 7.08. The van der Waals surface area contributed by atoms with Gasteiger partial charge >= 0.3 is 24.1 Å². The van der Waals surface area contributed by atoms with Crippen LogP contribution >= 0.6 is 11.3 Å². The Bertz CT molecular complexity index is 422. The van der Waals surface area contributed by atoms with Crippen molar-refractivity contribution < 1.29 is 44.3 Å². The van der Waals surface area contributed by atoms with Gasteiger partial charge in [0.05, 0.1) is 0 Å². The minimum absolute atomic E-state index is 0.691. The first-order chi connectivity index (χ1) is 8.33. The Morgan fingerprint density at radius 3 is 1.74 bits per heavy atom. The van der Waals surface area contributed by atoms with E-state index >= 15 is 0 Å². The van der Waals surface area contributed by atoms with E-state index in [0.29, 0.717) is 17.4 Å². The Balaban J connectivity index is 3.10. The fourth-order valence-electron chi connectivity index (χ4n) is 0.883. The highest BCUT2D eigenvalue weighted by Gasteiger charge is 2.83.